The molecule has 2 aliphatic heterocycles. The third-order valence-electron chi connectivity index (χ3n) is 4.21. The molecular weight excluding hydrogens is 270 g/mol. The van der Waals surface area contributed by atoms with Gasteiger partial charge in [0, 0.05) is 29.2 Å². The molecular formula is C16H15NO2S. The molecule has 102 valence electrons. The fourth-order valence-electron chi connectivity index (χ4n) is 3.24. The van der Waals surface area contributed by atoms with E-state index in [-0.39, 0.29) is 17.4 Å². The molecule has 0 fully saturated rings. The lowest BCUT2D eigenvalue weighted by Gasteiger charge is -2.39. The molecule has 0 saturated carbocycles. The molecule has 0 unspecified atom stereocenters. The first-order chi connectivity index (χ1) is 9.74. The predicted octanol–water partition coefficient (Wildman–Crippen LogP) is 2.81. The number of fused-ring (bicyclic) bond motifs is 5. The Morgan fingerprint density at radius 1 is 1.05 bits per heavy atom. The van der Waals surface area contributed by atoms with Gasteiger partial charge in [0.15, 0.2) is 11.5 Å². The monoisotopic (exact) mass is 285 g/mol. The zero-order chi connectivity index (χ0) is 13.7. The normalized spacial score (nSPS) is 23.6. The molecule has 2 aromatic rings. The van der Waals surface area contributed by atoms with Crippen molar-refractivity contribution in [1.29, 1.82) is 0 Å². The van der Waals surface area contributed by atoms with Crippen LogP contribution in [0, 0.1) is 0 Å². The smallest absolute Gasteiger partial charge is 0.158 e. The number of nitrogens with one attached hydrogen (secondary N) is 1. The number of phenolic OH excluding ortho intramolecular Hbond substituents is 2. The Labute approximate surface area is 121 Å². The summed E-state index contributed by atoms with van der Waals surface area (Å²) in [4.78, 5) is 1.07. The van der Waals surface area contributed by atoms with Gasteiger partial charge in [-0.05, 0) is 28.8 Å². The number of thioether (sulfide) groups is 1. The summed E-state index contributed by atoms with van der Waals surface area (Å²) < 4.78 is 0. The van der Waals surface area contributed by atoms with Crippen LogP contribution in [-0.2, 0) is 6.54 Å². The third-order valence-corrected chi connectivity index (χ3v) is 5.40. The van der Waals surface area contributed by atoms with Gasteiger partial charge in [-0.25, -0.2) is 0 Å². The molecule has 0 amide bonds. The lowest BCUT2D eigenvalue weighted by Crippen LogP contribution is -2.43. The average molecular weight is 285 g/mol. The van der Waals surface area contributed by atoms with Crippen LogP contribution in [0.3, 0.4) is 0 Å². The number of hydrogen-bond donors (Lipinski definition) is 3. The van der Waals surface area contributed by atoms with E-state index >= 15 is 0 Å². The van der Waals surface area contributed by atoms with Crippen molar-refractivity contribution in [1.82, 2.24) is 5.32 Å². The lowest BCUT2D eigenvalue weighted by atomic mass is 9.80. The Balaban J connectivity index is 1.92. The van der Waals surface area contributed by atoms with Crippen molar-refractivity contribution < 1.29 is 10.2 Å². The molecule has 0 saturated heterocycles. The van der Waals surface area contributed by atoms with Gasteiger partial charge in [0.25, 0.3) is 0 Å². The summed E-state index contributed by atoms with van der Waals surface area (Å²) in [6.45, 7) is 0.900. The number of rotatable bonds is 0. The molecule has 3 N–H and O–H groups in total. The fraction of sp³-hybridized carbons (Fsp3) is 0.250. The second kappa shape index (κ2) is 4.43. The van der Waals surface area contributed by atoms with Crippen LogP contribution in [-0.4, -0.2) is 22.0 Å². The van der Waals surface area contributed by atoms with Crippen LogP contribution >= 0.6 is 11.8 Å². The van der Waals surface area contributed by atoms with Gasteiger partial charge in [-0.1, -0.05) is 24.3 Å². The average Bonchev–Trinajstić information content (AvgIpc) is 2.48. The van der Waals surface area contributed by atoms with Crippen LogP contribution in [0.1, 0.15) is 22.6 Å². The Morgan fingerprint density at radius 2 is 1.85 bits per heavy atom. The Kier molecular flexibility index (Phi) is 2.69. The lowest BCUT2D eigenvalue weighted by molar-refractivity contribution is 0.398. The molecule has 0 radical (unpaired) electrons. The maximum absolute atomic E-state index is 9.83. The van der Waals surface area contributed by atoms with Gasteiger partial charge < -0.3 is 15.5 Å². The third kappa shape index (κ3) is 1.72. The quantitative estimate of drug-likeness (QED) is 0.652. The maximum atomic E-state index is 9.83. The summed E-state index contributed by atoms with van der Waals surface area (Å²) in [6, 6.07) is 12.3. The van der Waals surface area contributed by atoms with Crippen LogP contribution in [0.5, 0.6) is 11.5 Å². The minimum atomic E-state index is -0.0354. The molecule has 4 rings (SSSR count). The molecule has 0 aliphatic carbocycles. The van der Waals surface area contributed by atoms with Gasteiger partial charge in [0.1, 0.15) is 0 Å². The van der Waals surface area contributed by atoms with E-state index < -0.39 is 0 Å². The van der Waals surface area contributed by atoms with Crippen molar-refractivity contribution in [3.63, 3.8) is 0 Å². The first kappa shape index (κ1) is 12.1. The minimum Gasteiger partial charge on any atom is -0.504 e. The van der Waals surface area contributed by atoms with E-state index in [0.717, 1.165) is 22.8 Å². The second-order valence-electron chi connectivity index (χ2n) is 5.35. The molecule has 2 heterocycles. The van der Waals surface area contributed by atoms with Crippen molar-refractivity contribution in [3.8, 4) is 11.5 Å². The fourth-order valence-corrected chi connectivity index (χ4v) is 4.45. The van der Waals surface area contributed by atoms with Gasteiger partial charge in [0.05, 0.1) is 0 Å². The molecule has 3 nitrogen and oxygen atoms in total. The van der Waals surface area contributed by atoms with Crippen LogP contribution < -0.4 is 5.32 Å². The Morgan fingerprint density at radius 3 is 2.75 bits per heavy atom. The molecule has 2 aliphatic rings. The first-order valence-corrected chi connectivity index (χ1v) is 7.72. The van der Waals surface area contributed by atoms with Crippen LogP contribution in [0.25, 0.3) is 0 Å². The van der Waals surface area contributed by atoms with Crippen LogP contribution in [0.2, 0.25) is 0 Å². The van der Waals surface area contributed by atoms with Crippen LogP contribution in [0.4, 0.5) is 0 Å². The van der Waals surface area contributed by atoms with Crippen molar-refractivity contribution in [3.05, 3.63) is 53.1 Å². The van der Waals surface area contributed by atoms with Crippen LogP contribution in [0.15, 0.2) is 41.3 Å². The van der Waals surface area contributed by atoms with Gasteiger partial charge in [-0.15, -0.1) is 11.8 Å². The Bertz CT molecular complexity index is 686. The van der Waals surface area contributed by atoms with Gasteiger partial charge in [-0.3, -0.25) is 0 Å². The Hall–Kier alpha value is -1.65. The minimum absolute atomic E-state index is 0.0342. The highest BCUT2D eigenvalue weighted by Gasteiger charge is 2.35. The molecule has 2 aromatic carbocycles. The summed E-state index contributed by atoms with van der Waals surface area (Å²) >= 11 is 1.74. The van der Waals surface area contributed by atoms with E-state index in [1.807, 2.05) is 0 Å². The molecule has 4 heteroatoms. The number of benzene rings is 2. The van der Waals surface area contributed by atoms with E-state index in [4.69, 9.17) is 0 Å². The predicted molar refractivity (Wildman–Crippen MR) is 79.4 cm³/mol. The zero-order valence-corrected chi connectivity index (χ0v) is 11.7. The van der Waals surface area contributed by atoms with Crippen molar-refractivity contribution in [2.75, 3.05) is 5.75 Å². The maximum Gasteiger partial charge on any atom is 0.158 e. The SMILES string of the molecule is Oc1cc2c(cc1O)[C@H]1c3ccccc3CN[C@@H]1CS2. The molecule has 2 atom stereocenters. The van der Waals surface area contributed by atoms with Gasteiger partial charge >= 0.3 is 0 Å². The van der Waals surface area contributed by atoms with Crippen molar-refractivity contribution in [2.24, 2.45) is 0 Å². The van der Waals surface area contributed by atoms with E-state index in [1.54, 1.807) is 23.9 Å². The van der Waals surface area contributed by atoms with Gasteiger partial charge in [-0.2, -0.15) is 0 Å². The van der Waals surface area contributed by atoms with Crippen molar-refractivity contribution in [2.45, 2.75) is 23.4 Å². The van der Waals surface area contributed by atoms with Gasteiger partial charge in [0.2, 0.25) is 0 Å². The summed E-state index contributed by atoms with van der Waals surface area (Å²) in [5, 5.41) is 23.1. The summed E-state index contributed by atoms with van der Waals surface area (Å²) in [7, 11) is 0. The topological polar surface area (TPSA) is 52.5 Å². The molecule has 20 heavy (non-hydrogen) atoms. The highest BCUT2D eigenvalue weighted by Crippen LogP contribution is 2.47. The highest BCUT2D eigenvalue weighted by molar-refractivity contribution is 7.99. The zero-order valence-electron chi connectivity index (χ0n) is 10.8. The number of phenols is 2. The van der Waals surface area contributed by atoms with E-state index in [2.05, 4.69) is 29.6 Å². The molecule has 0 spiro atoms. The summed E-state index contributed by atoms with van der Waals surface area (Å²) in [6.07, 6.45) is 0. The first-order valence-electron chi connectivity index (χ1n) is 6.74. The summed E-state index contributed by atoms with van der Waals surface area (Å²) in [5.74, 6) is 1.17. The standard InChI is InChI=1S/C16H15NO2S/c18-13-5-11-15(6-14(13)19)20-8-12-16(11)10-4-2-1-3-9(10)7-17-12/h1-6,12,16-19H,7-8H2/t12-,16-/m1/s1. The number of aromatic hydroxyl groups is 2. The van der Waals surface area contributed by atoms with E-state index in [9.17, 15) is 10.2 Å². The van der Waals surface area contributed by atoms with E-state index in [0.29, 0.717) is 6.04 Å². The summed E-state index contributed by atoms with van der Waals surface area (Å²) in [5.41, 5.74) is 3.77. The highest BCUT2D eigenvalue weighted by atomic mass is 32.2. The van der Waals surface area contributed by atoms with E-state index in [1.165, 1.54) is 11.1 Å². The second-order valence-corrected chi connectivity index (χ2v) is 6.42. The largest absolute Gasteiger partial charge is 0.504 e. The molecule has 0 aromatic heterocycles. The molecule has 0 bridgehead atoms. The van der Waals surface area contributed by atoms with Crippen molar-refractivity contribution >= 4 is 11.8 Å². The number of hydrogen-bond acceptors (Lipinski definition) is 4.